The van der Waals surface area contributed by atoms with Crippen molar-refractivity contribution >= 4 is 34.6 Å². The minimum absolute atomic E-state index is 0.0629. The van der Waals surface area contributed by atoms with Gasteiger partial charge in [-0.15, -0.1) is 0 Å². The Hall–Kier alpha value is -4.17. The Morgan fingerprint density at radius 3 is 2.44 bits per heavy atom. The number of amides is 1. The molecule has 36 heavy (non-hydrogen) atoms. The minimum Gasteiger partial charge on any atom is -0.484 e. The van der Waals surface area contributed by atoms with Gasteiger partial charge in [0.1, 0.15) is 11.8 Å². The third-order valence-electron chi connectivity index (χ3n) is 6.36. The molecule has 0 aliphatic carbocycles. The Morgan fingerprint density at radius 1 is 1.03 bits per heavy atom. The number of para-hydroxylation sites is 1. The number of rotatable bonds is 7. The maximum Gasteiger partial charge on any atom is 0.262 e. The Morgan fingerprint density at radius 2 is 1.78 bits per heavy atom. The predicted octanol–water partition coefficient (Wildman–Crippen LogP) is 4.92. The van der Waals surface area contributed by atoms with Crippen LogP contribution in [0.1, 0.15) is 29.2 Å². The Kier molecular flexibility index (Phi) is 6.69. The molecule has 1 aliphatic heterocycles. The van der Waals surface area contributed by atoms with E-state index in [1.54, 1.807) is 6.20 Å². The van der Waals surface area contributed by atoms with Crippen LogP contribution in [0.2, 0.25) is 0 Å². The van der Waals surface area contributed by atoms with E-state index in [4.69, 9.17) is 17.0 Å². The zero-order valence-electron chi connectivity index (χ0n) is 20.1. The number of pyridine rings is 1. The normalized spacial score (nSPS) is 17.1. The number of anilines is 2. The molecule has 3 heterocycles. The number of carbonyl (C=O) groups excluding carboxylic acids is 1. The smallest absolute Gasteiger partial charge is 0.262 e. The van der Waals surface area contributed by atoms with Gasteiger partial charge >= 0.3 is 0 Å². The fourth-order valence-electron chi connectivity index (χ4n) is 4.43. The third-order valence-corrected chi connectivity index (χ3v) is 6.67. The summed E-state index contributed by atoms with van der Waals surface area (Å²) in [6, 6.07) is 26.9. The molecule has 0 spiro atoms. The van der Waals surface area contributed by atoms with Crippen molar-refractivity contribution < 1.29 is 9.53 Å². The molecule has 0 radical (unpaired) electrons. The summed E-state index contributed by atoms with van der Waals surface area (Å²) in [7, 11) is 2.07. The highest BCUT2D eigenvalue weighted by Gasteiger charge is 2.41. The molecule has 2 aromatic carbocycles. The zero-order chi connectivity index (χ0) is 25.1. The molecular formula is C28H27N5O2S. The molecule has 8 heteroatoms. The summed E-state index contributed by atoms with van der Waals surface area (Å²) in [5.41, 5.74) is 4.83. The summed E-state index contributed by atoms with van der Waals surface area (Å²) in [4.78, 5) is 19.1. The SMILES string of the molecule is Cc1ccc(C2C(c3ccccn3)NC(=S)N2c2ccc(NC(=O)COc3ccccc3)cc2)n1C. The van der Waals surface area contributed by atoms with E-state index in [1.807, 2.05) is 72.8 Å². The average Bonchev–Trinajstić information content (AvgIpc) is 3.42. The van der Waals surface area contributed by atoms with Gasteiger partial charge in [-0.1, -0.05) is 24.3 Å². The zero-order valence-corrected chi connectivity index (χ0v) is 20.9. The van der Waals surface area contributed by atoms with Gasteiger partial charge in [-0.2, -0.15) is 0 Å². The van der Waals surface area contributed by atoms with Crippen LogP contribution >= 0.6 is 12.2 Å². The number of nitrogens with one attached hydrogen (secondary N) is 2. The van der Waals surface area contributed by atoms with Crippen LogP contribution in [0, 0.1) is 6.92 Å². The first kappa shape index (κ1) is 23.6. The number of nitrogens with zero attached hydrogens (tertiary/aromatic N) is 3. The molecule has 1 saturated heterocycles. The Labute approximate surface area is 215 Å². The molecule has 2 unspecified atom stereocenters. The van der Waals surface area contributed by atoms with Gasteiger partial charge in [-0.05, 0) is 79.8 Å². The van der Waals surface area contributed by atoms with Crippen molar-refractivity contribution in [3.05, 3.63) is 108 Å². The molecule has 2 aromatic heterocycles. The summed E-state index contributed by atoms with van der Waals surface area (Å²) in [6.07, 6.45) is 1.80. The quantitative estimate of drug-likeness (QED) is 0.353. The molecule has 1 fully saturated rings. The van der Waals surface area contributed by atoms with Crippen molar-refractivity contribution in [2.24, 2.45) is 7.05 Å². The lowest BCUT2D eigenvalue weighted by Crippen LogP contribution is -2.30. The molecule has 2 atom stereocenters. The summed E-state index contributed by atoms with van der Waals surface area (Å²) >= 11 is 5.80. The van der Waals surface area contributed by atoms with E-state index in [-0.39, 0.29) is 24.6 Å². The second-order valence-corrected chi connectivity index (χ2v) is 9.04. The maximum atomic E-state index is 12.4. The van der Waals surface area contributed by atoms with Gasteiger partial charge in [0.2, 0.25) is 0 Å². The summed E-state index contributed by atoms with van der Waals surface area (Å²) in [5.74, 6) is 0.430. The molecule has 0 bridgehead atoms. The summed E-state index contributed by atoms with van der Waals surface area (Å²) < 4.78 is 7.72. The van der Waals surface area contributed by atoms with Crippen LogP contribution in [0.5, 0.6) is 5.75 Å². The van der Waals surface area contributed by atoms with Crippen molar-refractivity contribution in [3.63, 3.8) is 0 Å². The fraction of sp³-hybridized carbons (Fsp3) is 0.179. The lowest BCUT2D eigenvalue weighted by Gasteiger charge is -2.28. The number of thiocarbonyl (C=S) groups is 1. The van der Waals surface area contributed by atoms with Crippen LogP contribution in [0.3, 0.4) is 0 Å². The maximum absolute atomic E-state index is 12.4. The van der Waals surface area contributed by atoms with E-state index in [9.17, 15) is 4.79 Å². The number of ether oxygens (including phenoxy) is 1. The molecule has 5 rings (SSSR count). The van der Waals surface area contributed by atoms with Crippen molar-refractivity contribution in [1.29, 1.82) is 0 Å². The monoisotopic (exact) mass is 497 g/mol. The number of carbonyl (C=O) groups is 1. The van der Waals surface area contributed by atoms with Crippen molar-refractivity contribution in [2.75, 3.05) is 16.8 Å². The van der Waals surface area contributed by atoms with Gasteiger partial charge in [0.05, 0.1) is 11.7 Å². The highest BCUT2D eigenvalue weighted by molar-refractivity contribution is 7.80. The molecule has 7 nitrogen and oxygen atoms in total. The van der Waals surface area contributed by atoms with E-state index in [0.29, 0.717) is 16.5 Å². The molecule has 1 amide bonds. The standard InChI is InChI=1S/C28H27N5O2S/c1-19-11-16-24(32(19)2)27-26(23-10-6-7-17-29-23)31-28(36)33(27)21-14-12-20(13-15-21)30-25(34)18-35-22-8-4-3-5-9-22/h3-17,26-27H,18H2,1-2H3,(H,30,34)(H,31,36). The number of hydrogen-bond acceptors (Lipinski definition) is 4. The Bertz CT molecular complexity index is 1360. The average molecular weight is 498 g/mol. The lowest BCUT2D eigenvalue weighted by atomic mass is 10.0. The van der Waals surface area contributed by atoms with Crippen LogP contribution in [0.25, 0.3) is 0 Å². The number of hydrogen-bond donors (Lipinski definition) is 2. The number of benzene rings is 2. The van der Waals surface area contributed by atoms with Crippen LogP contribution in [0.4, 0.5) is 11.4 Å². The molecule has 2 N–H and O–H groups in total. The van der Waals surface area contributed by atoms with E-state index in [2.05, 4.69) is 51.2 Å². The van der Waals surface area contributed by atoms with Gasteiger partial charge in [0.15, 0.2) is 11.7 Å². The topological polar surface area (TPSA) is 71.4 Å². The van der Waals surface area contributed by atoms with Crippen LogP contribution < -0.4 is 20.3 Å². The third kappa shape index (κ3) is 4.81. The number of aryl methyl sites for hydroxylation is 1. The van der Waals surface area contributed by atoms with Gasteiger partial charge < -0.3 is 24.8 Å². The molecule has 182 valence electrons. The highest BCUT2D eigenvalue weighted by Crippen LogP contribution is 2.41. The predicted molar refractivity (Wildman–Crippen MR) is 145 cm³/mol. The van der Waals surface area contributed by atoms with Crippen LogP contribution in [-0.4, -0.2) is 27.2 Å². The number of aromatic nitrogens is 2. The molecule has 4 aromatic rings. The molecule has 0 saturated carbocycles. The van der Waals surface area contributed by atoms with Gasteiger partial charge in [0.25, 0.3) is 5.91 Å². The van der Waals surface area contributed by atoms with E-state index < -0.39 is 0 Å². The van der Waals surface area contributed by atoms with Crippen molar-refractivity contribution in [2.45, 2.75) is 19.0 Å². The van der Waals surface area contributed by atoms with Crippen LogP contribution in [0.15, 0.2) is 91.1 Å². The van der Waals surface area contributed by atoms with E-state index in [0.717, 1.165) is 17.1 Å². The largest absolute Gasteiger partial charge is 0.484 e. The summed E-state index contributed by atoms with van der Waals surface area (Å²) in [6.45, 7) is 2.02. The molecular weight excluding hydrogens is 470 g/mol. The summed E-state index contributed by atoms with van der Waals surface area (Å²) in [5, 5.41) is 6.99. The van der Waals surface area contributed by atoms with E-state index in [1.165, 1.54) is 5.69 Å². The first-order valence-electron chi connectivity index (χ1n) is 11.7. The lowest BCUT2D eigenvalue weighted by molar-refractivity contribution is -0.118. The highest BCUT2D eigenvalue weighted by atomic mass is 32.1. The second-order valence-electron chi connectivity index (χ2n) is 8.65. The van der Waals surface area contributed by atoms with Crippen LogP contribution in [-0.2, 0) is 11.8 Å². The van der Waals surface area contributed by atoms with Gasteiger partial charge in [-0.3, -0.25) is 9.78 Å². The Balaban J connectivity index is 1.36. The molecule has 1 aliphatic rings. The first-order valence-corrected chi connectivity index (χ1v) is 12.1. The fourth-order valence-corrected chi connectivity index (χ4v) is 4.78. The second kappa shape index (κ2) is 10.2. The van der Waals surface area contributed by atoms with Crippen molar-refractivity contribution in [3.8, 4) is 5.75 Å². The van der Waals surface area contributed by atoms with Gasteiger partial charge in [-0.25, -0.2) is 0 Å². The first-order chi connectivity index (χ1) is 17.5. The van der Waals surface area contributed by atoms with E-state index >= 15 is 0 Å². The minimum atomic E-state index is -0.225. The van der Waals surface area contributed by atoms with Gasteiger partial charge in [0, 0.05) is 36.0 Å². The van der Waals surface area contributed by atoms with Crippen molar-refractivity contribution in [1.82, 2.24) is 14.9 Å².